The molecule has 136 valence electrons. The fourth-order valence-corrected chi connectivity index (χ4v) is 5.75. The summed E-state index contributed by atoms with van der Waals surface area (Å²) in [5.41, 5.74) is 0.918. The zero-order valence-corrected chi connectivity index (χ0v) is 16.2. The standard InChI is InChI=1S/C17H22N2O4S2/c1-4-18-25(21,22)13-7-8-19(10-13)17(20)16-11(2)14-9-12(23-3)5-6-15(14)24-16/h5-6,9,13,18H,4,7-8,10H2,1-3H3. The Hall–Kier alpha value is -1.64. The first-order chi connectivity index (χ1) is 11.9. The smallest absolute Gasteiger partial charge is 0.264 e. The SMILES string of the molecule is CCNS(=O)(=O)C1CCN(C(=O)c2sc3ccc(OC)cc3c2C)C1. The monoisotopic (exact) mass is 382 g/mol. The highest BCUT2D eigenvalue weighted by Gasteiger charge is 2.36. The van der Waals surface area contributed by atoms with Gasteiger partial charge in [0.05, 0.1) is 17.2 Å². The van der Waals surface area contributed by atoms with Gasteiger partial charge in [-0.25, -0.2) is 13.1 Å². The number of hydrogen-bond donors (Lipinski definition) is 1. The Morgan fingerprint density at radius 2 is 2.20 bits per heavy atom. The number of hydrogen-bond acceptors (Lipinski definition) is 5. The molecular weight excluding hydrogens is 360 g/mol. The van der Waals surface area contributed by atoms with Gasteiger partial charge in [0, 0.05) is 24.3 Å². The Balaban J connectivity index is 1.85. The molecule has 25 heavy (non-hydrogen) atoms. The quantitative estimate of drug-likeness (QED) is 0.861. The lowest BCUT2D eigenvalue weighted by molar-refractivity contribution is 0.0797. The number of thiophene rings is 1. The van der Waals surface area contributed by atoms with E-state index in [1.54, 1.807) is 18.9 Å². The number of benzene rings is 1. The van der Waals surface area contributed by atoms with Crippen molar-refractivity contribution in [3.63, 3.8) is 0 Å². The molecule has 1 atom stereocenters. The van der Waals surface area contributed by atoms with E-state index in [0.717, 1.165) is 21.4 Å². The zero-order chi connectivity index (χ0) is 18.2. The van der Waals surface area contributed by atoms with Crippen molar-refractivity contribution in [1.82, 2.24) is 9.62 Å². The Kier molecular flexibility index (Phi) is 5.04. The van der Waals surface area contributed by atoms with Gasteiger partial charge >= 0.3 is 0 Å². The molecule has 1 unspecified atom stereocenters. The van der Waals surface area contributed by atoms with Crippen LogP contribution in [0.15, 0.2) is 18.2 Å². The number of amides is 1. The summed E-state index contributed by atoms with van der Waals surface area (Å²) in [6.45, 7) is 4.75. The first-order valence-electron chi connectivity index (χ1n) is 8.22. The molecule has 0 bridgehead atoms. The van der Waals surface area contributed by atoms with Crippen molar-refractivity contribution in [2.45, 2.75) is 25.5 Å². The van der Waals surface area contributed by atoms with E-state index in [2.05, 4.69) is 4.72 Å². The number of carbonyl (C=O) groups is 1. The molecule has 0 saturated carbocycles. The van der Waals surface area contributed by atoms with E-state index in [1.807, 2.05) is 25.1 Å². The third kappa shape index (κ3) is 3.38. The van der Waals surface area contributed by atoms with Gasteiger partial charge in [0.2, 0.25) is 10.0 Å². The van der Waals surface area contributed by atoms with Crippen LogP contribution in [-0.4, -0.2) is 51.2 Å². The molecular formula is C17H22N2O4S2. The minimum atomic E-state index is -3.36. The number of sulfonamides is 1. The molecule has 1 saturated heterocycles. The first kappa shape index (κ1) is 18.2. The Morgan fingerprint density at radius 3 is 2.88 bits per heavy atom. The topological polar surface area (TPSA) is 75.7 Å². The first-order valence-corrected chi connectivity index (χ1v) is 10.6. The number of rotatable bonds is 5. The molecule has 6 nitrogen and oxygen atoms in total. The third-order valence-electron chi connectivity index (χ3n) is 4.55. The van der Waals surface area contributed by atoms with Crippen molar-refractivity contribution in [2.75, 3.05) is 26.7 Å². The third-order valence-corrected chi connectivity index (χ3v) is 7.77. The van der Waals surface area contributed by atoms with Gasteiger partial charge in [-0.1, -0.05) is 6.92 Å². The van der Waals surface area contributed by atoms with Gasteiger partial charge in [0.25, 0.3) is 5.91 Å². The van der Waals surface area contributed by atoms with Crippen molar-refractivity contribution in [3.05, 3.63) is 28.6 Å². The van der Waals surface area contributed by atoms with Crippen LogP contribution >= 0.6 is 11.3 Å². The highest BCUT2D eigenvalue weighted by molar-refractivity contribution is 7.90. The molecule has 0 radical (unpaired) electrons. The molecule has 0 aliphatic carbocycles. The summed E-state index contributed by atoms with van der Waals surface area (Å²) in [5, 5.41) is 0.467. The van der Waals surface area contributed by atoms with Crippen molar-refractivity contribution in [2.24, 2.45) is 0 Å². The van der Waals surface area contributed by atoms with Crippen molar-refractivity contribution < 1.29 is 17.9 Å². The second-order valence-electron chi connectivity index (χ2n) is 6.12. The van der Waals surface area contributed by atoms with Crippen molar-refractivity contribution in [3.8, 4) is 5.75 Å². The number of ether oxygens (including phenoxy) is 1. The lowest BCUT2D eigenvalue weighted by Crippen LogP contribution is -2.37. The van der Waals surface area contributed by atoms with Gasteiger partial charge < -0.3 is 9.64 Å². The van der Waals surface area contributed by atoms with Crippen LogP contribution in [0.5, 0.6) is 5.75 Å². The predicted octanol–water partition coefficient (Wildman–Crippen LogP) is 2.37. The van der Waals surface area contributed by atoms with E-state index >= 15 is 0 Å². The Labute approximate surface area is 151 Å². The summed E-state index contributed by atoms with van der Waals surface area (Å²) in [4.78, 5) is 15.2. The minimum Gasteiger partial charge on any atom is -0.497 e. The van der Waals surface area contributed by atoms with E-state index < -0.39 is 15.3 Å². The molecule has 1 fully saturated rings. The van der Waals surface area contributed by atoms with Crippen molar-refractivity contribution >= 4 is 37.4 Å². The molecule has 1 aliphatic heterocycles. The van der Waals surface area contributed by atoms with E-state index in [9.17, 15) is 13.2 Å². The summed E-state index contributed by atoms with van der Waals surface area (Å²) in [6.07, 6.45) is 0.471. The summed E-state index contributed by atoms with van der Waals surface area (Å²) in [5.74, 6) is 0.664. The van der Waals surface area contributed by atoms with Crippen molar-refractivity contribution in [1.29, 1.82) is 0 Å². The van der Waals surface area contributed by atoms with Gasteiger partial charge in [0.15, 0.2) is 0 Å². The average molecular weight is 383 g/mol. The molecule has 1 N–H and O–H groups in total. The molecule has 3 rings (SSSR count). The second kappa shape index (κ2) is 6.93. The van der Waals surface area contributed by atoms with Crippen LogP contribution < -0.4 is 9.46 Å². The van der Waals surface area contributed by atoms with Gasteiger partial charge in [-0.2, -0.15) is 0 Å². The van der Waals surface area contributed by atoms with Crippen LogP contribution in [0.1, 0.15) is 28.6 Å². The van der Waals surface area contributed by atoms with Gasteiger partial charge in [-0.15, -0.1) is 11.3 Å². The zero-order valence-electron chi connectivity index (χ0n) is 14.5. The highest BCUT2D eigenvalue weighted by Crippen LogP contribution is 2.34. The van der Waals surface area contributed by atoms with E-state index in [0.29, 0.717) is 24.4 Å². The summed E-state index contributed by atoms with van der Waals surface area (Å²) < 4.78 is 33.1. The largest absolute Gasteiger partial charge is 0.497 e. The number of nitrogens with one attached hydrogen (secondary N) is 1. The van der Waals surface area contributed by atoms with Crippen LogP contribution in [0.2, 0.25) is 0 Å². The van der Waals surface area contributed by atoms with E-state index in [-0.39, 0.29) is 12.5 Å². The maximum absolute atomic E-state index is 12.9. The molecule has 1 aromatic carbocycles. The van der Waals surface area contributed by atoms with Gasteiger partial charge in [-0.3, -0.25) is 4.79 Å². The number of likely N-dealkylation sites (tertiary alicyclic amines) is 1. The lowest BCUT2D eigenvalue weighted by Gasteiger charge is -2.16. The van der Waals surface area contributed by atoms with Crippen LogP contribution in [0, 0.1) is 6.92 Å². The van der Waals surface area contributed by atoms with E-state index in [4.69, 9.17) is 4.74 Å². The maximum atomic E-state index is 12.9. The summed E-state index contributed by atoms with van der Waals surface area (Å²) >= 11 is 1.45. The summed E-state index contributed by atoms with van der Waals surface area (Å²) in [7, 11) is -1.74. The normalized spacial score (nSPS) is 18.0. The predicted molar refractivity (Wildman–Crippen MR) is 100 cm³/mol. The fourth-order valence-electron chi connectivity index (χ4n) is 3.16. The second-order valence-corrected chi connectivity index (χ2v) is 9.22. The number of aryl methyl sites for hydroxylation is 1. The number of methoxy groups -OCH3 is 1. The molecule has 8 heteroatoms. The van der Waals surface area contributed by atoms with Gasteiger partial charge in [-0.05, 0) is 42.5 Å². The number of carbonyl (C=O) groups excluding carboxylic acids is 1. The highest BCUT2D eigenvalue weighted by atomic mass is 32.2. The van der Waals surface area contributed by atoms with Crippen LogP contribution in [0.4, 0.5) is 0 Å². The molecule has 1 aliphatic rings. The Morgan fingerprint density at radius 1 is 1.44 bits per heavy atom. The van der Waals surface area contributed by atoms with Crippen LogP contribution in [0.3, 0.4) is 0 Å². The number of fused-ring (bicyclic) bond motifs is 1. The summed E-state index contributed by atoms with van der Waals surface area (Å²) in [6, 6.07) is 5.76. The van der Waals surface area contributed by atoms with Gasteiger partial charge in [0.1, 0.15) is 5.75 Å². The lowest BCUT2D eigenvalue weighted by atomic mass is 10.1. The molecule has 2 aromatic rings. The Bertz CT molecular complexity index is 905. The minimum absolute atomic E-state index is 0.0909. The molecule has 1 aromatic heterocycles. The molecule has 2 heterocycles. The fraction of sp³-hybridized carbons (Fsp3) is 0.471. The molecule has 1 amide bonds. The molecule has 0 spiro atoms. The maximum Gasteiger partial charge on any atom is 0.264 e. The number of nitrogens with zero attached hydrogens (tertiary/aromatic N) is 1. The van der Waals surface area contributed by atoms with E-state index in [1.165, 1.54) is 11.3 Å². The average Bonchev–Trinajstić information content (AvgIpc) is 3.20. The van der Waals surface area contributed by atoms with Crippen LogP contribution in [0.25, 0.3) is 10.1 Å². The van der Waals surface area contributed by atoms with Crippen LogP contribution in [-0.2, 0) is 10.0 Å².